The highest BCUT2D eigenvalue weighted by Crippen LogP contribution is 2.60. The molecule has 1 aliphatic heterocycles. The number of hydrogen-bond donors (Lipinski definition) is 0. The SMILES string of the molecule is CS(=O)(=O)N1C[C@H]2C[C@]2(c2ccccc2)C1=O. The Morgan fingerprint density at radius 2 is 1.94 bits per heavy atom. The van der Waals surface area contributed by atoms with E-state index in [0.29, 0.717) is 6.54 Å². The third kappa shape index (κ3) is 1.35. The van der Waals surface area contributed by atoms with Crippen LogP contribution in [0.25, 0.3) is 0 Å². The summed E-state index contributed by atoms with van der Waals surface area (Å²) in [4.78, 5) is 12.3. The maximum atomic E-state index is 12.3. The Morgan fingerprint density at radius 3 is 2.47 bits per heavy atom. The van der Waals surface area contributed by atoms with Crippen LogP contribution < -0.4 is 0 Å². The molecule has 0 unspecified atom stereocenters. The summed E-state index contributed by atoms with van der Waals surface area (Å²) in [5.41, 5.74) is 0.394. The van der Waals surface area contributed by atoms with Crippen LogP contribution in [-0.2, 0) is 20.2 Å². The van der Waals surface area contributed by atoms with Crippen molar-refractivity contribution in [2.75, 3.05) is 12.8 Å². The Labute approximate surface area is 100 Å². The minimum Gasteiger partial charge on any atom is -0.273 e. The summed E-state index contributed by atoms with van der Waals surface area (Å²) in [6.07, 6.45) is 1.87. The number of fused-ring (bicyclic) bond motifs is 1. The molecule has 90 valence electrons. The summed E-state index contributed by atoms with van der Waals surface area (Å²) in [7, 11) is -3.42. The number of carbonyl (C=O) groups excluding carboxylic acids is 1. The third-order valence-corrected chi connectivity index (χ3v) is 4.90. The monoisotopic (exact) mass is 251 g/mol. The van der Waals surface area contributed by atoms with Crippen LogP contribution in [0.3, 0.4) is 0 Å². The molecule has 1 aromatic rings. The molecular formula is C12H13NO3S. The van der Waals surface area contributed by atoms with Crippen molar-refractivity contribution in [2.45, 2.75) is 11.8 Å². The van der Waals surface area contributed by atoms with Crippen LogP contribution in [0.2, 0.25) is 0 Å². The van der Waals surface area contributed by atoms with E-state index >= 15 is 0 Å². The lowest BCUT2D eigenvalue weighted by Gasteiger charge is -2.18. The first-order valence-electron chi connectivity index (χ1n) is 5.54. The van der Waals surface area contributed by atoms with Crippen LogP contribution in [0.15, 0.2) is 30.3 Å². The Balaban J connectivity index is 2.02. The van der Waals surface area contributed by atoms with Crippen molar-refractivity contribution in [3.05, 3.63) is 35.9 Å². The molecule has 2 aliphatic rings. The van der Waals surface area contributed by atoms with E-state index in [4.69, 9.17) is 0 Å². The molecule has 1 aromatic carbocycles. The fourth-order valence-corrected chi connectivity index (χ4v) is 3.73. The van der Waals surface area contributed by atoms with E-state index in [1.54, 1.807) is 0 Å². The molecule has 0 aromatic heterocycles. The van der Waals surface area contributed by atoms with Gasteiger partial charge in [-0.05, 0) is 17.9 Å². The number of amides is 1. The molecule has 4 nitrogen and oxygen atoms in total. The molecule has 2 atom stereocenters. The summed E-state index contributed by atoms with van der Waals surface area (Å²) < 4.78 is 24.0. The molecule has 1 saturated carbocycles. The minimum atomic E-state index is -3.42. The maximum absolute atomic E-state index is 12.3. The number of carbonyl (C=O) groups is 1. The van der Waals surface area contributed by atoms with Gasteiger partial charge in [-0.1, -0.05) is 30.3 Å². The van der Waals surface area contributed by atoms with Crippen molar-refractivity contribution >= 4 is 15.9 Å². The average Bonchev–Trinajstić information content (AvgIpc) is 2.94. The molecular weight excluding hydrogens is 238 g/mol. The van der Waals surface area contributed by atoms with E-state index in [1.807, 2.05) is 30.3 Å². The third-order valence-electron chi connectivity index (χ3n) is 3.79. The van der Waals surface area contributed by atoms with Gasteiger partial charge in [0.2, 0.25) is 15.9 Å². The van der Waals surface area contributed by atoms with E-state index in [0.717, 1.165) is 22.5 Å². The molecule has 1 aliphatic carbocycles. The second-order valence-electron chi connectivity index (χ2n) is 4.84. The molecule has 17 heavy (non-hydrogen) atoms. The molecule has 1 amide bonds. The summed E-state index contributed by atoms with van der Waals surface area (Å²) >= 11 is 0. The van der Waals surface area contributed by atoms with E-state index in [1.165, 1.54) is 0 Å². The number of rotatable bonds is 2. The summed E-state index contributed by atoms with van der Waals surface area (Å²) in [6, 6.07) is 9.48. The highest BCUT2D eigenvalue weighted by Gasteiger charge is 2.68. The van der Waals surface area contributed by atoms with Gasteiger partial charge in [0.1, 0.15) is 0 Å². The quantitative estimate of drug-likeness (QED) is 0.779. The van der Waals surface area contributed by atoms with Crippen LogP contribution >= 0.6 is 0 Å². The molecule has 1 saturated heterocycles. The number of benzene rings is 1. The van der Waals surface area contributed by atoms with E-state index in [2.05, 4.69) is 0 Å². The molecule has 0 N–H and O–H groups in total. The van der Waals surface area contributed by atoms with Crippen LogP contribution in [-0.4, -0.2) is 31.4 Å². The second kappa shape index (κ2) is 3.10. The van der Waals surface area contributed by atoms with Gasteiger partial charge in [-0.3, -0.25) is 4.79 Å². The Hall–Kier alpha value is -1.36. The predicted molar refractivity (Wildman–Crippen MR) is 62.8 cm³/mol. The van der Waals surface area contributed by atoms with Gasteiger partial charge in [0.05, 0.1) is 11.7 Å². The van der Waals surface area contributed by atoms with Gasteiger partial charge in [-0.2, -0.15) is 0 Å². The molecule has 1 heterocycles. The highest BCUT2D eigenvalue weighted by molar-refractivity contribution is 7.88. The number of piperidine rings is 1. The first kappa shape index (κ1) is 10.8. The summed E-state index contributed by atoms with van der Waals surface area (Å²) in [5, 5.41) is 0. The lowest BCUT2D eigenvalue weighted by atomic mass is 9.94. The predicted octanol–water partition coefficient (Wildman–Crippen LogP) is 0.746. The molecule has 0 bridgehead atoms. The number of sulfonamides is 1. The van der Waals surface area contributed by atoms with E-state index in [-0.39, 0.29) is 11.8 Å². The van der Waals surface area contributed by atoms with Crippen molar-refractivity contribution in [1.29, 1.82) is 0 Å². The van der Waals surface area contributed by atoms with Gasteiger partial charge in [0.15, 0.2) is 0 Å². The lowest BCUT2D eigenvalue weighted by molar-refractivity contribution is -0.126. The zero-order valence-electron chi connectivity index (χ0n) is 9.46. The number of hydrogen-bond acceptors (Lipinski definition) is 3. The molecule has 2 fully saturated rings. The zero-order valence-corrected chi connectivity index (χ0v) is 10.3. The normalized spacial score (nSPS) is 31.5. The van der Waals surface area contributed by atoms with Crippen LogP contribution in [0.4, 0.5) is 0 Å². The van der Waals surface area contributed by atoms with Gasteiger partial charge >= 0.3 is 0 Å². The van der Waals surface area contributed by atoms with Gasteiger partial charge in [-0.25, -0.2) is 12.7 Å². The fraction of sp³-hybridized carbons (Fsp3) is 0.417. The maximum Gasteiger partial charge on any atom is 0.247 e. The summed E-state index contributed by atoms with van der Waals surface area (Å²) in [5.74, 6) is -0.0941. The van der Waals surface area contributed by atoms with Crippen LogP contribution in [0.5, 0.6) is 0 Å². The van der Waals surface area contributed by atoms with Gasteiger partial charge in [0, 0.05) is 6.54 Å². The largest absolute Gasteiger partial charge is 0.273 e. The topological polar surface area (TPSA) is 54.5 Å². The van der Waals surface area contributed by atoms with Crippen LogP contribution in [0, 0.1) is 5.92 Å². The van der Waals surface area contributed by atoms with Crippen molar-refractivity contribution in [3.63, 3.8) is 0 Å². The lowest BCUT2D eigenvalue weighted by Crippen LogP contribution is -2.37. The average molecular weight is 251 g/mol. The van der Waals surface area contributed by atoms with Crippen molar-refractivity contribution in [1.82, 2.24) is 4.31 Å². The molecule has 5 heteroatoms. The first-order valence-corrected chi connectivity index (χ1v) is 7.39. The van der Waals surface area contributed by atoms with Crippen molar-refractivity contribution in [3.8, 4) is 0 Å². The Morgan fingerprint density at radius 1 is 1.29 bits per heavy atom. The fourth-order valence-electron chi connectivity index (χ4n) is 2.82. The van der Waals surface area contributed by atoms with Crippen molar-refractivity contribution in [2.24, 2.45) is 5.92 Å². The summed E-state index contributed by atoms with van der Waals surface area (Å²) in [6.45, 7) is 0.340. The molecule has 0 spiro atoms. The van der Waals surface area contributed by atoms with E-state index in [9.17, 15) is 13.2 Å². The van der Waals surface area contributed by atoms with Crippen molar-refractivity contribution < 1.29 is 13.2 Å². The Kier molecular flexibility index (Phi) is 1.96. The first-order chi connectivity index (χ1) is 7.96. The number of nitrogens with zero attached hydrogens (tertiary/aromatic N) is 1. The van der Waals surface area contributed by atoms with Gasteiger partial charge < -0.3 is 0 Å². The van der Waals surface area contributed by atoms with Crippen LogP contribution in [0.1, 0.15) is 12.0 Å². The highest BCUT2D eigenvalue weighted by atomic mass is 32.2. The minimum absolute atomic E-state index is 0.159. The van der Waals surface area contributed by atoms with Gasteiger partial charge in [0.25, 0.3) is 0 Å². The van der Waals surface area contributed by atoms with Gasteiger partial charge in [-0.15, -0.1) is 0 Å². The standard InChI is InChI=1S/C12H13NO3S/c1-17(15,16)13-8-10-7-12(10,11(13)14)9-5-3-2-4-6-9/h2-6,10H,7-8H2,1H3/t10-,12-/m1/s1. The Bertz CT molecular complexity index is 581. The van der Waals surface area contributed by atoms with E-state index < -0.39 is 15.4 Å². The molecule has 0 radical (unpaired) electrons. The zero-order chi connectivity index (χ0) is 12.3. The molecule has 3 rings (SSSR count). The second-order valence-corrected chi connectivity index (χ2v) is 6.74. The smallest absolute Gasteiger partial charge is 0.247 e.